The molecule has 0 saturated carbocycles. The highest BCUT2D eigenvalue weighted by molar-refractivity contribution is 5.85. The van der Waals surface area contributed by atoms with E-state index in [1.54, 1.807) is 0 Å². The van der Waals surface area contributed by atoms with E-state index in [1.807, 2.05) is 0 Å². The van der Waals surface area contributed by atoms with Crippen LogP contribution >= 0.6 is 0 Å². The second kappa shape index (κ2) is 64.1. The Bertz CT molecular complexity index is 3580. The number of rotatable bonds is 63. The Hall–Kier alpha value is -10.8. The number of carboxylic acid groups (broad SMARTS) is 1. The molecule has 0 aromatic carbocycles. The van der Waals surface area contributed by atoms with Crippen LogP contribution < -0.4 is 53.2 Å². The van der Waals surface area contributed by atoms with Gasteiger partial charge in [-0.1, -0.05) is 25.7 Å². The van der Waals surface area contributed by atoms with E-state index in [0.29, 0.717) is 70.6 Å². The highest BCUT2D eigenvalue weighted by Crippen LogP contribution is 2.33. The first-order valence-corrected chi connectivity index (χ1v) is 44.3. The Kier molecular flexibility index (Phi) is 55.9. The largest absolute Gasteiger partial charge is 0.481 e. The first-order chi connectivity index (χ1) is 62.1. The Morgan fingerprint density at radius 1 is 0.282 bits per heavy atom. The van der Waals surface area contributed by atoms with Crippen LogP contribution in [0.25, 0.3) is 0 Å². The molecule has 0 bridgehead atoms. The van der Waals surface area contributed by atoms with Crippen LogP contribution in [0.5, 0.6) is 0 Å². The number of nitrogens with one attached hydrogen (secondary N) is 10. The molecule has 16 unspecified atom stereocenters. The molecule has 0 radical (unpaired) electrons. The maximum absolute atomic E-state index is 14.5. The number of hydrogen-bond donors (Lipinski definition) is 11. The first-order valence-electron chi connectivity index (χ1n) is 44.3. The van der Waals surface area contributed by atoms with Gasteiger partial charge in [0.15, 0.2) is 55.5 Å². The maximum atomic E-state index is 14.5. The zero-order chi connectivity index (χ0) is 97.5. The lowest BCUT2D eigenvalue weighted by Gasteiger charge is -2.44. The normalized spacial score (nSPS) is 21.8. The van der Waals surface area contributed by atoms with E-state index in [4.69, 9.17) is 76.2 Å². The molecule has 0 aromatic heterocycles. The molecule has 3 rings (SSSR count). The fourth-order valence-electron chi connectivity index (χ4n) is 14.4. The summed E-state index contributed by atoms with van der Waals surface area (Å²) >= 11 is 0. The summed E-state index contributed by atoms with van der Waals surface area (Å²) in [7, 11) is 0. The second-order valence-corrected chi connectivity index (χ2v) is 31.7. The van der Waals surface area contributed by atoms with E-state index < -0.39 is 219 Å². The number of unbranched alkanes of at least 4 members (excludes halogenated alkanes) is 7. The van der Waals surface area contributed by atoms with Crippen LogP contribution in [0.4, 0.5) is 0 Å². The third kappa shape index (κ3) is 49.8. The summed E-state index contributed by atoms with van der Waals surface area (Å²) in [6.07, 6.45) is -10.5. The zero-order valence-corrected chi connectivity index (χ0v) is 77.0. The number of aliphatic carboxylic acids is 1. The molecule has 3 fully saturated rings. The Balaban J connectivity index is 1.71. The minimum absolute atomic E-state index is 0.0191. The Morgan fingerprint density at radius 3 is 0.824 bits per heavy atom. The van der Waals surface area contributed by atoms with Crippen molar-refractivity contribution in [3.05, 3.63) is 0 Å². The average molecular weight is 1870 g/mol. The molecule has 46 nitrogen and oxygen atoms in total. The van der Waals surface area contributed by atoms with Crippen LogP contribution in [0.1, 0.15) is 231 Å². The van der Waals surface area contributed by atoms with Gasteiger partial charge >= 0.3 is 59.7 Å². The standard InChI is InChI=1S/C85H136N10O36/c1-49(96)93-73-79(126-58(10)105)76(123-55(7)102)63(46-120-52(4)99)129-83(73)117-41-21-13-16-29-66(108)87-35-25-38-90-70(112)44-61(45-71(113)91-39-26-36-88-67(109)30-17-14-22-42-118-84-74(94-50(2)97)80(127-59(11)106)77(124-56(8)103)64(130-84)47-121-53(5)100)62(28-19-20-34-86-69(111)32-24-33-72(114)115)82(116)92-40-27-37-89-68(110)31-18-15-23-43-119-85-75(95-51(3)98)81(128-60(12)107)78(125-57(9)104)65(131-85)48-122-54(6)101/h61-65,73-81,83-85H,13-48H2,1-12H3,(H,86,111)(H,87,108)(H,88,109)(H,89,110)(H,90,112)(H,91,113)(H,92,116)(H,93,96)(H,94,97)(H,95,98)(H,114,115). The van der Waals surface area contributed by atoms with Crippen molar-refractivity contribution in [3.8, 4) is 0 Å². The van der Waals surface area contributed by atoms with Crippen LogP contribution in [0, 0.1) is 11.8 Å². The zero-order valence-electron chi connectivity index (χ0n) is 77.0. The predicted octanol–water partition coefficient (Wildman–Crippen LogP) is 0.107. The second-order valence-electron chi connectivity index (χ2n) is 31.7. The van der Waals surface area contributed by atoms with Gasteiger partial charge in [0.1, 0.15) is 56.3 Å². The highest BCUT2D eigenvalue weighted by Gasteiger charge is 2.55. The van der Waals surface area contributed by atoms with E-state index in [1.165, 1.54) is 20.8 Å². The van der Waals surface area contributed by atoms with Gasteiger partial charge in [-0.25, -0.2) is 0 Å². The summed E-state index contributed by atoms with van der Waals surface area (Å²) in [5, 5.41) is 36.7. The molecular formula is C85H136N10O36. The van der Waals surface area contributed by atoms with Crippen molar-refractivity contribution in [1.82, 2.24) is 53.2 Å². The third-order valence-electron chi connectivity index (χ3n) is 20.0. The highest BCUT2D eigenvalue weighted by atomic mass is 16.7. The molecule has 3 aliphatic heterocycles. The quantitative estimate of drug-likeness (QED) is 0.0219. The van der Waals surface area contributed by atoms with Gasteiger partial charge in [0.25, 0.3) is 0 Å². The lowest BCUT2D eigenvalue weighted by atomic mass is 9.82. The smallest absolute Gasteiger partial charge is 0.303 e. The van der Waals surface area contributed by atoms with Crippen LogP contribution in [-0.2, 0) is 167 Å². The molecule has 46 heteroatoms. The minimum Gasteiger partial charge on any atom is -0.481 e. The molecule has 16 atom stereocenters. The molecular weight excluding hydrogens is 1740 g/mol. The number of carbonyl (C=O) groups is 20. The molecule has 0 spiro atoms. The van der Waals surface area contributed by atoms with Crippen molar-refractivity contribution in [2.75, 3.05) is 85.5 Å². The van der Waals surface area contributed by atoms with E-state index >= 15 is 0 Å². The lowest BCUT2D eigenvalue weighted by molar-refractivity contribution is -0.277. The molecule has 0 aromatic rings. The van der Waals surface area contributed by atoms with Crippen LogP contribution in [0.2, 0.25) is 0 Å². The van der Waals surface area contributed by atoms with Gasteiger partial charge in [-0.15, -0.1) is 0 Å². The van der Waals surface area contributed by atoms with E-state index in [-0.39, 0.29) is 166 Å². The number of hydrogen-bond acceptors (Lipinski definition) is 35. The van der Waals surface area contributed by atoms with E-state index in [9.17, 15) is 95.9 Å². The van der Waals surface area contributed by atoms with Gasteiger partial charge in [-0.2, -0.15) is 0 Å². The van der Waals surface area contributed by atoms with E-state index in [0.717, 1.165) is 62.3 Å². The summed E-state index contributed by atoms with van der Waals surface area (Å²) in [6.45, 7) is 13.3. The summed E-state index contributed by atoms with van der Waals surface area (Å²) in [6, 6.07) is -3.51. The molecule has 3 heterocycles. The minimum atomic E-state index is -1.32. The molecule has 3 aliphatic rings. The lowest BCUT2D eigenvalue weighted by Crippen LogP contribution is -2.66. The van der Waals surface area contributed by atoms with Crippen LogP contribution in [0.3, 0.4) is 0 Å². The fraction of sp³-hybridized carbons (Fsp3) is 0.765. The van der Waals surface area contributed by atoms with Gasteiger partial charge in [-0.05, 0) is 83.0 Å². The van der Waals surface area contributed by atoms with Gasteiger partial charge < -0.3 is 129 Å². The van der Waals surface area contributed by atoms with Crippen molar-refractivity contribution < 1.29 is 172 Å². The summed E-state index contributed by atoms with van der Waals surface area (Å²) in [5.74, 6) is -14.2. The molecule has 10 amide bonds. The molecule has 3 saturated heterocycles. The first kappa shape index (κ1) is 114. The number of carboxylic acids is 1. The van der Waals surface area contributed by atoms with Crippen molar-refractivity contribution in [3.63, 3.8) is 0 Å². The molecule has 0 aliphatic carbocycles. The van der Waals surface area contributed by atoms with Crippen molar-refractivity contribution in [1.29, 1.82) is 0 Å². The van der Waals surface area contributed by atoms with Crippen molar-refractivity contribution in [2.45, 2.75) is 323 Å². The number of amides is 10. The van der Waals surface area contributed by atoms with Crippen molar-refractivity contribution in [2.24, 2.45) is 11.8 Å². The Morgan fingerprint density at radius 2 is 0.550 bits per heavy atom. The van der Waals surface area contributed by atoms with Gasteiger partial charge in [-0.3, -0.25) is 95.9 Å². The fourth-order valence-corrected chi connectivity index (χ4v) is 14.4. The predicted molar refractivity (Wildman–Crippen MR) is 452 cm³/mol. The average Bonchev–Trinajstić information content (AvgIpc) is 0.794. The summed E-state index contributed by atoms with van der Waals surface area (Å²) < 4.78 is 84.5. The third-order valence-corrected chi connectivity index (χ3v) is 20.0. The monoisotopic (exact) mass is 1870 g/mol. The molecule has 11 N–H and O–H groups in total. The van der Waals surface area contributed by atoms with Crippen molar-refractivity contribution >= 4 is 119 Å². The molecule has 131 heavy (non-hydrogen) atoms. The molecule has 742 valence electrons. The maximum Gasteiger partial charge on any atom is 0.303 e. The SMILES string of the molecule is CC(=O)NC1C(OCCCCCC(=O)NCCCNC(=O)CC(CC(=O)NCCCNC(=O)CCCCCOC2OC(COC(C)=O)C(OC(C)=O)C(OC(C)=O)C2NC(C)=O)C(CCCCNC(=O)CCCC(=O)O)C(=O)NCCCNC(=O)CCCCCOC2OC(COC(C)=O)C(OC(C)=O)C(OC(C)=O)C2NC(C)=O)OC(COC(C)=O)C(OC(C)=O)C1OC(C)=O. The van der Waals surface area contributed by atoms with Gasteiger partial charge in [0.05, 0.1) is 0 Å². The summed E-state index contributed by atoms with van der Waals surface area (Å²) in [5.41, 5.74) is 0. The summed E-state index contributed by atoms with van der Waals surface area (Å²) in [4.78, 5) is 251. The van der Waals surface area contributed by atoms with Crippen LogP contribution in [0.15, 0.2) is 0 Å². The number of carbonyl (C=O) groups excluding carboxylic acids is 19. The Labute approximate surface area is 761 Å². The number of esters is 9. The van der Waals surface area contributed by atoms with Crippen LogP contribution in [-0.4, -0.2) is 301 Å². The van der Waals surface area contributed by atoms with Gasteiger partial charge in [0.2, 0.25) is 59.1 Å². The van der Waals surface area contributed by atoms with E-state index in [2.05, 4.69) is 53.2 Å². The topological polar surface area (TPSA) is 620 Å². The number of ether oxygens (including phenoxy) is 15. The van der Waals surface area contributed by atoms with Gasteiger partial charge in [0, 0.05) is 200 Å².